The van der Waals surface area contributed by atoms with Crippen LogP contribution in [0.2, 0.25) is 0 Å². The van der Waals surface area contributed by atoms with Crippen molar-refractivity contribution in [1.82, 2.24) is 29.8 Å². The molecule has 0 saturated heterocycles. The summed E-state index contributed by atoms with van der Waals surface area (Å²) in [6.07, 6.45) is 5.35. The van der Waals surface area contributed by atoms with E-state index in [-0.39, 0.29) is 0 Å². The molecule has 0 bridgehead atoms. The Morgan fingerprint density at radius 3 is 1.74 bits per heavy atom. The van der Waals surface area contributed by atoms with E-state index < -0.39 is 5.54 Å². The molecule has 260 valence electrons. The lowest BCUT2D eigenvalue weighted by Crippen LogP contribution is -2.39. The molecule has 6 aromatic carbocycles. The van der Waals surface area contributed by atoms with Crippen LogP contribution in [0, 0.1) is 0 Å². The van der Waals surface area contributed by atoms with Crippen molar-refractivity contribution >= 4 is 15.9 Å². The summed E-state index contributed by atoms with van der Waals surface area (Å²) >= 11 is 3.72. The summed E-state index contributed by atoms with van der Waals surface area (Å²) < 4.78 is 5.35. The van der Waals surface area contributed by atoms with Crippen molar-refractivity contribution < 1.29 is 0 Å². The monoisotopic (exact) mass is 754 g/mol. The number of hydrogen-bond acceptors (Lipinski definition) is 4. The third-order valence-electron chi connectivity index (χ3n) is 9.91. The molecule has 0 radical (unpaired) electrons. The molecular formula is C46H39BrN6. The molecule has 0 amide bonds. The van der Waals surface area contributed by atoms with Crippen molar-refractivity contribution in [1.29, 1.82) is 0 Å². The zero-order chi connectivity index (χ0) is 36.0. The van der Waals surface area contributed by atoms with E-state index in [0.717, 1.165) is 80.7 Å². The van der Waals surface area contributed by atoms with Crippen LogP contribution in [0.5, 0.6) is 0 Å². The van der Waals surface area contributed by atoms with E-state index in [4.69, 9.17) is 15.3 Å². The van der Waals surface area contributed by atoms with Crippen LogP contribution in [-0.2, 0) is 18.5 Å². The first-order valence-electron chi connectivity index (χ1n) is 18.1. The predicted octanol–water partition coefficient (Wildman–Crippen LogP) is 10.9. The number of imidazole rings is 1. The van der Waals surface area contributed by atoms with Crippen LogP contribution >= 0.6 is 15.9 Å². The Morgan fingerprint density at radius 2 is 1.15 bits per heavy atom. The summed E-state index contributed by atoms with van der Waals surface area (Å²) in [5, 5.41) is 13.9. The van der Waals surface area contributed by atoms with Crippen molar-refractivity contribution in [2.75, 3.05) is 0 Å². The van der Waals surface area contributed by atoms with Crippen LogP contribution in [-0.4, -0.2) is 29.8 Å². The summed E-state index contributed by atoms with van der Waals surface area (Å²) in [5.74, 6) is 1.79. The molecule has 0 atom stereocenters. The topological polar surface area (TPSA) is 61.4 Å². The van der Waals surface area contributed by atoms with Gasteiger partial charge >= 0.3 is 0 Å². The maximum atomic E-state index is 5.09. The standard InChI is InChI=1S/C46H39BrN6/c1-2-3-27-44-48-43(41-25-15-16-26-42(41)47)33-52(44)32-34-28-30-35(31-29-34)39-23-13-14-24-40(39)45-49-50-51-53(45)46(36-17-7-4-8-18-36,37-19-9-5-10-20-37)38-21-11-6-12-22-38/h4-26,28-31,33H,2-3,27,32H2,1H3. The minimum absolute atomic E-state index is 0.680. The molecule has 0 unspecified atom stereocenters. The molecule has 8 aromatic rings. The second-order valence-corrected chi connectivity index (χ2v) is 14.1. The number of hydrogen-bond donors (Lipinski definition) is 0. The average molecular weight is 756 g/mol. The van der Waals surface area contributed by atoms with Crippen LogP contribution < -0.4 is 0 Å². The van der Waals surface area contributed by atoms with E-state index in [9.17, 15) is 0 Å². The Balaban J connectivity index is 1.19. The molecular weight excluding hydrogens is 716 g/mol. The lowest BCUT2D eigenvalue weighted by Gasteiger charge is -2.36. The van der Waals surface area contributed by atoms with Gasteiger partial charge in [-0.3, -0.25) is 0 Å². The normalized spacial score (nSPS) is 11.5. The molecule has 0 aliphatic carbocycles. The third kappa shape index (κ3) is 6.64. The first-order valence-corrected chi connectivity index (χ1v) is 18.9. The van der Waals surface area contributed by atoms with Gasteiger partial charge < -0.3 is 4.57 Å². The van der Waals surface area contributed by atoms with Gasteiger partial charge in [0.2, 0.25) is 0 Å². The minimum Gasteiger partial charge on any atom is -0.330 e. The second kappa shape index (κ2) is 15.4. The maximum absolute atomic E-state index is 5.09. The molecule has 6 nitrogen and oxygen atoms in total. The summed E-state index contributed by atoms with van der Waals surface area (Å²) in [6, 6.07) is 57.1. The highest BCUT2D eigenvalue weighted by Crippen LogP contribution is 2.43. The lowest BCUT2D eigenvalue weighted by atomic mass is 9.77. The van der Waals surface area contributed by atoms with E-state index in [0.29, 0.717) is 5.82 Å². The quantitative estimate of drug-likeness (QED) is 0.117. The summed E-state index contributed by atoms with van der Waals surface area (Å²) in [7, 11) is 0. The zero-order valence-corrected chi connectivity index (χ0v) is 31.1. The number of tetrazole rings is 1. The number of aromatic nitrogens is 6. The van der Waals surface area contributed by atoms with E-state index in [1.54, 1.807) is 0 Å². The molecule has 8 rings (SSSR count). The fourth-order valence-electron chi connectivity index (χ4n) is 7.33. The van der Waals surface area contributed by atoms with Crippen molar-refractivity contribution in [2.24, 2.45) is 0 Å². The van der Waals surface area contributed by atoms with E-state index >= 15 is 0 Å². The Labute approximate surface area is 319 Å². The van der Waals surface area contributed by atoms with Gasteiger partial charge in [0.25, 0.3) is 0 Å². The van der Waals surface area contributed by atoms with E-state index in [2.05, 4.69) is 178 Å². The van der Waals surface area contributed by atoms with Crippen LogP contribution in [0.25, 0.3) is 33.8 Å². The molecule has 0 aliphatic heterocycles. The van der Waals surface area contributed by atoms with Crippen LogP contribution in [0.1, 0.15) is 47.8 Å². The SMILES string of the molecule is CCCCc1nc(-c2ccccc2Br)cn1Cc1ccc(-c2ccccc2-c2nnnn2C(c2ccccc2)(c2ccccc2)c2ccccc2)cc1. The second-order valence-electron chi connectivity index (χ2n) is 13.2. The van der Waals surface area contributed by atoms with Crippen molar-refractivity contribution in [2.45, 2.75) is 38.3 Å². The van der Waals surface area contributed by atoms with Crippen molar-refractivity contribution in [3.05, 3.63) is 203 Å². The number of unbranched alkanes of at least 4 members (excludes halogenated alkanes) is 1. The molecule has 53 heavy (non-hydrogen) atoms. The maximum Gasteiger partial charge on any atom is 0.184 e. The molecule has 7 heteroatoms. The summed E-state index contributed by atoms with van der Waals surface area (Å²) in [5.41, 5.74) is 8.76. The Morgan fingerprint density at radius 1 is 0.604 bits per heavy atom. The minimum atomic E-state index is -0.839. The Hall–Kier alpha value is -5.92. The Bertz CT molecular complexity index is 2320. The number of nitrogens with zero attached hydrogens (tertiary/aromatic N) is 6. The van der Waals surface area contributed by atoms with Crippen LogP contribution in [0.3, 0.4) is 0 Å². The van der Waals surface area contributed by atoms with Gasteiger partial charge in [-0.15, -0.1) is 5.10 Å². The highest BCUT2D eigenvalue weighted by molar-refractivity contribution is 9.10. The van der Waals surface area contributed by atoms with E-state index in [1.807, 2.05) is 28.9 Å². The highest BCUT2D eigenvalue weighted by Gasteiger charge is 2.42. The number of aryl methyl sites for hydroxylation is 1. The first kappa shape index (κ1) is 34.2. The first-order chi connectivity index (χ1) is 26.2. The van der Waals surface area contributed by atoms with Gasteiger partial charge in [-0.1, -0.05) is 187 Å². The Kier molecular flexibility index (Phi) is 9.91. The van der Waals surface area contributed by atoms with Crippen LogP contribution in [0.15, 0.2) is 174 Å². The molecule has 2 aromatic heterocycles. The van der Waals surface area contributed by atoms with Gasteiger partial charge in [-0.25, -0.2) is 9.67 Å². The molecule has 0 aliphatic rings. The van der Waals surface area contributed by atoms with Gasteiger partial charge in [-0.2, -0.15) is 0 Å². The van der Waals surface area contributed by atoms with E-state index in [1.165, 1.54) is 5.56 Å². The fourth-order valence-corrected chi connectivity index (χ4v) is 7.81. The summed E-state index contributed by atoms with van der Waals surface area (Å²) in [6.45, 7) is 2.96. The molecule has 0 fully saturated rings. The highest BCUT2D eigenvalue weighted by atomic mass is 79.9. The molecule has 0 spiro atoms. The lowest BCUT2D eigenvalue weighted by molar-refractivity contribution is 0.451. The summed E-state index contributed by atoms with van der Waals surface area (Å²) in [4.78, 5) is 5.09. The largest absolute Gasteiger partial charge is 0.330 e. The number of rotatable bonds is 12. The average Bonchev–Trinajstić information content (AvgIpc) is 3.87. The van der Waals surface area contributed by atoms with Gasteiger partial charge in [0.15, 0.2) is 5.82 Å². The predicted molar refractivity (Wildman–Crippen MR) is 216 cm³/mol. The van der Waals surface area contributed by atoms with Gasteiger partial charge in [0.05, 0.1) is 5.69 Å². The van der Waals surface area contributed by atoms with Crippen LogP contribution in [0.4, 0.5) is 0 Å². The molecule has 0 saturated carbocycles. The van der Waals surface area contributed by atoms with Gasteiger partial charge in [-0.05, 0) is 56.3 Å². The smallest absolute Gasteiger partial charge is 0.184 e. The number of benzene rings is 6. The van der Waals surface area contributed by atoms with Gasteiger partial charge in [0.1, 0.15) is 11.4 Å². The zero-order valence-electron chi connectivity index (χ0n) is 29.6. The van der Waals surface area contributed by atoms with Gasteiger partial charge in [0, 0.05) is 34.8 Å². The third-order valence-corrected chi connectivity index (χ3v) is 10.6. The number of halogens is 1. The molecule has 2 heterocycles. The van der Waals surface area contributed by atoms with Crippen molar-refractivity contribution in [3.8, 4) is 33.8 Å². The van der Waals surface area contributed by atoms with Crippen molar-refractivity contribution in [3.63, 3.8) is 0 Å². The molecule has 0 N–H and O–H groups in total. The fraction of sp³-hybridized carbons (Fsp3) is 0.130.